The molecule has 3 rings (SSSR count). The maximum atomic E-state index is 6.03. The highest BCUT2D eigenvalue weighted by molar-refractivity contribution is 5.20. The molecular formula is C14H17N3O2. The lowest BCUT2D eigenvalue weighted by Crippen LogP contribution is -2.25. The molecule has 0 bridgehead atoms. The second-order valence-electron chi connectivity index (χ2n) is 4.91. The van der Waals surface area contributed by atoms with E-state index in [0.29, 0.717) is 30.7 Å². The monoisotopic (exact) mass is 259 g/mol. The summed E-state index contributed by atoms with van der Waals surface area (Å²) in [6.45, 7) is 0.312. The van der Waals surface area contributed by atoms with Crippen molar-refractivity contribution >= 4 is 0 Å². The first-order chi connectivity index (χ1) is 9.31. The molecule has 1 aliphatic carbocycles. The molecule has 0 aliphatic heterocycles. The van der Waals surface area contributed by atoms with Crippen LogP contribution in [-0.4, -0.2) is 16.2 Å². The molecule has 1 heterocycles. The van der Waals surface area contributed by atoms with Crippen molar-refractivity contribution < 1.29 is 9.26 Å². The van der Waals surface area contributed by atoms with Crippen LogP contribution in [0, 0.1) is 5.92 Å². The highest BCUT2D eigenvalue weighted by atomic mass is 16.5. The standard InChI is InChI=1S/C14H17N3O2/c15-12(10-6-7-10)8-14-16-13(17-19-14)9-18-11-4-2-1-3-5-11/h1-5,10,12H,6-9,15H2. The average Bonchev–Trinajstić information content (AvgIpc) is 3.20. The summed E-state index contributed by atoms with van der Waals surface area (Å²) >= 11 is 0. The van der Waals surface area contributed by atoms with E-state index < -0.39 is 0 Å². The van der Waals surface area contributed by atoms with E-state index >= 15 is 0 Å². The van der Waals surface area contributed by atoms with Gasteiger partial charge >= 0.3 is 0 Å². The number of hydrogen-bond acceptors (Lipinski definition) is 5. The molecule has 5 heteroatoms. The number of aromatic nitrogens is 2. The smallest absolute Gasteiger partial charge is 0.228 e. The third kappa shape index (κ3) is 3.32. The van der Waals surface area contributed by atoms with E-state index in [1.807, 2.05) is 30.3 Å². The minimum atomic E-state index is 0.142. The quantitative estimate of drug-likeness (QED) is 0.858. The number of para-hydroxylation sites is 1. The average molecular weight is 259 g/mol. The van der Waals surface area contributed by atoms with Gasteiger partial charge in [-0.2, -0.15) is 4.98 Å². The molecule has 2 N–H and O–H groups in total. The van der Waals surface area contributed by atoms with Crippen LogP contribution in [0.4, 0.5) is 0 Å². The molecule has 0 radical (unpaired) electrons. The van der Waals surface area contributed by atoms with Crippen LogP contribution in [0.25, 0.3) is 0 Å². The second-order valence-corrected chi connectivity index (χ2v) is 4.91. The molecule has 1 aromatic carbocycles. The molecule has 1 atom stereocenters. The van der Waals surface area contributed by atoms with E-state index in [0.717, 1.165) is 5.75 Å². The second kappa shape index (κ2) is 5.40. The first kappa shape index (κ1) is 12.2. The van der Waals surface area contributed by atoms with Gasteiger partial charge in [-0.1, -0.05) is 23.4 Å². The van der Waals surface area contributed by atoms with Crippen molar-refractivity contribution in [3.63, 3.8) is 0 Å². The van der Waals surface area contributed by atoms with Gasteiger partial charge in [0.25, 0.3) is 0 Å². The Bertz CT molecular complexity index is 522. The van der Waals surface area contributed by atoms with Crippen molar-refractivity contribution in [3.8, 4) is 5.75 Å². The molecule has 19 heavy (non-hydrogen) atoms. The van der Waals surface area contributed by atoms with Crippen LogP contribution in [0.3, 0.4) is 0 Å². The first-order valence-electron chi connectivity index (χ1n) is 6.56. The predicted molar refractivity (Wildman–Crippen MR) is 69.5 cm³/mol. The Balaban J connectivity index is 1.53. The normalized spacial score (nSPS) is 16.3. The molecular weight excluding hydrogens is 242 g/mol. The van der Waals surface area contributed by atoms with Crippen LogP contribution < -0.4 is 10.5 Å². The SMILES string of the molecule is NC(Cc1nc(COc2ccccc2)no1)C1CC1. The van der Waals surface area contributed by atoms with Gasteiger partial charge in [0.15, 0.2) is 6.61 Å². The van der Waals surface area contributed by atoms with Gasteiger partial charge in [-0.25, -0.2) is 0 Å². The summed E-state index contributed by atoms with van der Waals surface area (Å²) in [4.78, 5) is 4.29. The van der Waals surface area contributed by atoms with Crippen LogP contribution in [0.2, 0.25) is 0 Å². The lowest BCUT2D eigenvalue weighted by Gasteiger charge is -2.04. The highest BCUT2D eigenvalue weighted by Crippen LogP contribution is 2.32. The van der Waals surface area contributed by atoms with Gasteiger partial charge in [-0.15, -0.1) is 0 Å². The Morgan fingerprint density at radius 2 is 2.11 bits per heavy atom. The van der Waals surface area contributed by atoms with Gasteiger partial charge in [0.1, 0.15) is 5.75 Å². The highest BCUT2D eigenvalue weighted by Gasteiger charge is 2.29. The van der Waals surface area contributed by atoms with Gasteiger partial charge in [-0.05, 0) is 30.9 Å². The van der Waals surface area contributed by atoms with Gasteiger partial charge < -0.3 is 15.0 Å². The van der Waals surface area contributed by atoms with Crippen LogP contribution in [-0.2, 0) is 13.0 Å². The summed E-state index contributed by atoms with van der Waals surface area (Å²) in [5.41, 5.74) is 6.03. The summed E-state index contributed by atoms with van der Waals surface area (Å²) in [5, 5.41) is 3.90. The Labute approximate surface area is 111 Å². The Morgan fingerprint density at radius 1 is 1.32 bits per heavy atom. The van der Waals surface area contributed by atoms with Crippen molar-refractivity contribution in [1.29, 1.82) is 0 Å². The van der Waals surface area contributed by atoms with Crippen molar-refractivity contribution in [2.45, 2.75) is 31.9 Å². The first-order valence-corrected chi connectivity index (χ1v) is 6.56. The zero-order valence-corrected chi connectivity index (χ0v) is 10.7. The molecule has 1 fully saturated rings. The third-order valence-electron chi connectivity index (χ3n) is 3.26. The van der Waals surface area contributed by atoms with E-state index in [1.54, 1.807) is 0 Å². The summed E-state index contributed by atoms with van der Waals surface area (Å²) in [5.74, 6) is 2.59. The Kier molecular flexibility index (Phi) is 3.46. The fraction of sp³-hybridized carbons (Fsp3) is 0.429. The molecule has 100 valence electrons. The minimum Gasteiger partial charge on any atom is -0.485 e. The van der Waals surface area contributed by atoms with Crippen LogP contribution >= 0.6 is 0 Å². The molecule has 0 saturated heterocycles. The van der Waals surface area contributed by atoms with Gasteiger partial charge in [0.2, 0.25) is 11.7 Å². The van der Waals surface area contributed by atoms with E-state index in [9.17, 15) is 0 Å². The van der Waals surface area contributed by atoms with Crippen LogP contribution in [0.15, 0.2) is 34.9 Å². The molecule has 0 spiro atoms. The van der Waals surface area contributed by atoms with E-state index in [4.69, 9.17) is 15.0 Å². The largest absolute Gasteiger partial charge is 0.485 e. The number of nitrogens with two attached hydrogens (primary N) is 1. The van der Waals surface area contributed by atoms with E-state index in [1.165, 1.54) is 12.8 Å². The number of rotatable bonds is 6. The number of hydrogen-bond donors (Lipinski definition) is 1. The lowest BCUT2D eigenvalue weighted by molar-refractivity contribution is 0.284. The maximum absolute atomic E-state index is 6.03. The fourth-order valence-electron chi connectivity index (χ4n) is 1.99. The van der Waals surface area contributed by atoms with Crippen molar-refractivity contribution in [3.05, 3.63) is 42.0 Å². The molecule has 5 nitrogen and oxygen atoms in total. The zero-order valence-electron chi connectivity index (χ0n) is 10.7. The van der Waals surface area contributed by atoms with Crippen LogP contribution in [0.5, 0.6) is 5.75 Å². The van der Waals surface area contributed by atoms with Gasteiger partial charge in [-0.3, -0.25) is 0 Å². The zero-order chi connectivity index (χ0) is 13.1. The van der Waals surface area contributed by atoms with E-state index in [-0.39, 0.29) is 6.04 Å². The number of nitrogens with zero attached hydrogens (tertiary/aromatic N) is 2. The predicted octanol–water partition coefficient (Wildman–Crippen LogP) is 1.93. The summed E-state index contributed by atoms with van der Waals surface area (Å²) in [6, 6.07) is 9.72. The third-order valence-corrected chi connectivity index (χ3v) is 3.26. The summed E-state index contributed by atoms with van der Waals surface area (Å²) in [7, 11) is 0. The molecule has 1 aromatic heterocycles. The minimum absolute atomic E-state index is 0.142. The van der Waals surface area contributed by atoms with Crippen molar-refractivity contribution in [1.82, 2.24) is 10.1 Å². The summed E-state index contributed by atoms with van der Waals surface area (Å²) < 4.78 is 10.7. The van der Waals surface area contributed by atoms with Crippen LogP contribution in [0.1, 0.15) is 24.6 Å². The fourth-order valence-corrected chi connectivity index (χ4v) is 1.99. The topological polar surface area (TPSA) is 74.2 Å². The van der Waals surface area contributed by atoms with Gasteiger partial charge in [0, 0.05) is 12.5 Å². The molecule has 1 unspecified atom stereocenters. The maximum Gasteiger partial charge on any atom is 0.228 e. The summed E-state index contributed by atoms with van der Waals surface area (Å²) in [6.07, 6.45) is 3.10. The molecule has 2 aromatic rings. The van der Waals surface area contributed by atoms with Crippen molar-refractivity contribution in [2.75, 3.05) is 0 Å². The molecule has 1 saturated carbocycles. The Hall–Kier alpha value is -1.88. The number of benzene rings is 1. The molecule has 1 aliphatic rings. The van der Waals surface area contributed by atoms with Crippen molar-refractivity contribution in [2.24, 2.45) is 11.7 Å². The lowest BCUT2D eigenvalue weighted by atomic mass is 10.1. The van der Waals surface area contributed by atoms with E-state index in [2.05, 4.69) is 10.1 Å². The van der Waals surface area contributed by atoms with Gasteiger partial charge in [0.05, 0.1) is 0 Å². The number of ether oxygens (including phenoxy) is 1. The Morgan fingerprint density at radius 3 is 2.84 bits per heavy atom. The molecule has 0 amide bonds.